The van der Waals surface area contributed by atoms with Gasteiger partial charge in [-0.1, -0.05) is 18.2 Å². The van der Waals surface area contributed by atoms with E-state index < -0.39 is 11.7 Å². The third-order valence-corrected chi connectivity index (χ3v) is 2.93. The van der Waals surface area contributed by atoms with E-state index in [0.29, 0.717) is 16.2 Å². The van der Waals surface area contributed by atoms with E-state index in [1.807, 2.05) is 0 Å². The Morgan fingerprint density at radius 1 is 1.00 bits per heavy atom. The maximum absolute atomic E-state index is 12.8. The third kappa shape index (κ3) is 3.93. The van der Waals surface area contributed by atoms with Crippen LogP contribution in [0.2, 0.25) is 0 Å². The van der Waals surface area contributed by atoms with Gasteiger partial charge in [0.2, 0.25) is 0 Å². The number of carbonyl (C=O) groups excluding carboxylic acids is 1. The fraction of sp³-hybridized carbons (Fsp3) is 0.133. The Morgan fingerprint density at radius 3 is 2.24 bits per heavy atom. The van der Waals surface area contributed by atoms with E-state index in [1.54, 1.807) is 0 Å². The second-order valence-electron chi connectivity index (χ2n) is 4.58. The Hall–Kier alpha value is -2.60. The summed E-state index contributed by atoms with van der Waals surface area (Å²) in [4.78, 5) is 11.8. The molecular formula is C15H14FNO4. The van der Waals surface area contributed by atoms with Crippen LogP contribution in [0.5, 0.6) is 11.5 Å². The summed E-state index contributed by atoms with van der Waals surface area (Å²) in [6, 6.07) is 9.41. The first-order chi connectivity index (χ1) is 9.95. The van der Waals surface area contributed by atoms with Crippen molar-refractivity contribution in [1.29, 1.82) is 0 Å². The van der Waals surface area contributed by atoms with E-state index in [9.17, 15) is 24.6 Å². The van der Waals surface area contributed by atoms with E-state index >= 15 is 0 Å². The van der Waals surface area contributed by atoms with Gasteiger partial charge in [-0.15, -0.1) is 0 Å². The molecule has 0 heterocycles. The molecule has 0 fully saturated rings. The summed E-state index contributed by atoms with van der Waals surface area (Å²) >= 11 is 0. The van der Waals surface area contributed by atoms with Crippen LogP contribution < -0.4 is 0 Å². The Balaban J connectivity index is 1.98. The van der Waals surface area contributed by atoms with Gasteiger partial charge >= 0.3 is 0 Å². The van der Waals surface area contributed by atoms with E-state index in [0.717, 1.165) is 0 Å². The summed E-state index contributed by atoms with van der Waals surface area (Å²) in [5, 5.41) is 28.7. The molecule has 2 aromatic rings. The van der Waals surface area contributed by atoms with Crippen molar-refractivity contribution in [3.05, 3.63) is 59.4 Å². The Morgan fingerprint density at radius 2 is 1.62 bits per heavy atom. The van der Waals surface area contributed by atoms with Crippen LogP contribution in [0, 0.1) is 5.82 Å². The van der Waals surface area contributed by atoms with Crippen molar-refractivity contribution in [1.82, 2.24) is 5.06 Å². The molecule has 2 rings (SSSR count). The second-order valence-corrected chi connectivity index (χ2v) is 4.58. The number of halogens is 1. The lowest BCUT2D eigenvalue weighted by molar-refractivity contribution is -0.167. The van der Waals surface area contributed by atoms with Crippen molar-refractivity contribution in [3.8, 4) is 11.5 Å². The van der Waals surface area contributed by atoms with Gasteiger partial charge in [-0.2, -0.15) is 0 Å². The molecule has 1 amide bonds. The zero-order chi connectivity index (χ0) is 15.4. The number of carbonyl (C=O) groups is 1. The highest BCUT2D eigenvalue weighted by atomic mass is 19.1. The van der Waals surface area contributed by atoms with Gasteiger partial charge in [0.25, 0.3) is 5.91 Å². The predicted molar refractivity (Wildman–Crippen MR) is 72.2 cm³/mol. The molecule has 110 valence electrons. The quantitative estimate of drug-likeness (QED) is 0.458. The van der Waals surface area contributed by atoms with Crippen molar-refractivity contribution in [2.75, 3.05) is 0 Å². The van der Waals surface area contributed by atoms with Crippen molar-refractivity contribution < 1.29 is 24.6 Å². The van der Waals surface area contributed by atoms with Gasteiger partial charge in [-0.3, -0.25) is 10.0 Å². The van der Waals surface area contributed by atoms with Gasteiger partial charge in [0.1, 0.15) is 5.82 Å². The topological polar surface area (TPSA) is 81.0 Å². The summed E-state index contributed by atoms with van der Waals surface area (Å²) in [7, 11) is 0. The molecule has 0 aliphatic heterocycles. The minimum Gasteiger partial charge on any atom is -0.504 e. The number of hydroxylamine groups is 2. The molecule has 3 N–H and O–H groups in total. The molecule has 0 atom stereocenters. The van der Waals surface area contributed by atoms with Crippen LogP contribution in [-0.4, -0.2) is 26.4 Å². The first kappa shape index (κ1) is 14.8. The smallest absolute Gasteiger partial charge is 0.250 e. The number of nitrogens with zero attached hydrogens (tertiary/aromatic N) is 1. The molecule has 0 aliphatic rings. The molecule has 0 saturated carbocycles. The summed E-state index contributed by atoms with van der Waals surface area (Å²) in [6.07, 6.45) is -0.133. The van der Waals surface area contributed by atoms with Gasteiger partial charge < -0.3 is 10.2 Å². The van der Waals surface area contributed by atoms with Gasteiger partial charge in [0, 0.05) is 0 Å². The lowest BCUT2D eigenvalue weighted by Gasteiger charge is -2.15. The number of benzene rings is 2. The average molecular weight is 291 g/mol. The number of hydrogen-bond acceptors (Lipinski definition) is 4. The molecule has 6 heteroatoms. The number of hydrogen-bond donors (Lipinski definition) is 3. The van der Waals surface area contributed by atoms with Crippen molar-refractivity contribution in [2.45, 2.75) is 13.0 Å². The summed E-state index contributed by atoms with van der Waals surface area (Å²) < 4.78 is 12.8. The molecule has 0 unspecified atom stereocenters. The Labute approximate surface area is 120 Å². The molecule has 0 radical (unpaired) electrons. The number of rotatable bonds is 4. The maximum Gasteiger partial charge on any atom is 0.250 e. The highest BCUT2D eigenvalue weighted by molar-refractivity contribution is 5.77. The van der Waals surface area contributed by atoms with E-state index in [2.05, 4.69) is 0 Å². The SMILES string of the molecule is O=C(Cc1ccc(O)c(O)c1)N(O)Cc1ccc(F)cc1. The van der Waals surface area contributed by atoms with Crippen LogP contribution in [-0.2, 0) is 17.8 Å². The zero-order valence-corrected chi connectivity index (χ0v) is 11.0. The maximum atomic E-state index is 12.8. The molecule has 0 aliphatic carbocycles. The fourth-order valence-corrected chi connectivity index (χ4v) is 1.80. The van der Waals surface area contributed by atoms with E-state index in [1.165, 1.54) is 42.5 Å². The normalized spacial score (nSPS) is 10.4. The van der Waals surface area contributed by atoms with E-state index in [-0.39, 0.29) is 24.5 Å². The zero-order valence-electron chi connectivity index (χ0n) is 11.0. The molecule has 5 nitrogen and oxygen atoms in total. The summed E-state index contributed by atoms with van der Waals surface area (Å²) in [5.74, 6) is -1.58. The molecule has 21 heavy (non-hydrogen) atoms. The number of phenolic OH excluding ortho intramolecular Hbond substituents is 2. The molecular weight excluding hydrogens is 277 g/mol. The molecule has 0 bridgehead atoms. The largest absolute Gasteiger partial charge is 0.504 e. The van der Waals surface area contributed by atoms with Crippen molar-refractivity contribution in [2.24, 2.45) is 0 Å². The fourth-order valence-electron chi connectivity index (χ4n) is 1.80. The first-order valence-corrected chi connectivity index (χ1v) is 6.20. The van der Waals surface area contributed by atoms with Crippen LogP contribution in [0.4, 0.5) is 4.39 Å². The number of aromatic hydroxyl groups is 2. The second kappa shape index (κ2) is 6.23. The average Bonchev–Trinajstić information content (AvgIpc) is 2.45. The molecule has 0 aromatic heterocycles. The number of phenols is 2. The van der Waals surface area contributed by atoms with Gasteiger partial charge in [0.15, 0.2) is 11.5 Å². The lowest BCUT2D eigenvalue weighted by atomic mass is 10.1. The molecule has 2 aromatic carbocycles. The highest BCUT2D eigenvalue weighted by Gasteiger charge is 2.13. The van der Waals surface area contributed by atoms with Crippen molar-refractivity contribution in [3.63, 3.8) is 0 Å². The third-order valence-electron chi connectivity index (χ3n) is 2.93. The predicted octanol–water partition coefficient (Wildman–Crippen LogP) is 2.20. The van der Waals surface area contributed by atoms with Gasteiger partial charge in [-0.05, 0) is 35.4 Å². The Kier molecular flexibility index (Phi) is 4.39. The standard InChI is InChI=1S/C15H14FNO4/c16-12-4-1-10(2-5-12)9-17(21)15(20)8-11-3-6-13(18)14(19)7-11/h1-7,18-19,21H,8-9H2. The van der Waals surface area contributed by atoms with Crippen LogP contribution in [0.3, 0.4) is 0 Å². The van der Waals surface area contributed by atoms with Crippen LogP contribution in [0.25, 0.3) is 0 Å². The lowest BCUT2D eigenvalue weighted by Crippen LogP contribution is -2.28. The van der Waals surface area contributed by atoms with Gasteiger partial charge in [0.05, 0.1) is 13.0 Å². The monoisotopic (exact) mass is 291 g/mol. The Bertz CT molecular complexity index is 643. The minimum absolute atomic E-state index is 0.0663. The molecule has 0 saturated heterocycles. The molecule has 0 spiro atoms. The van der Waals surface area contributed by atoms with Crippen molar-refractivity contribution >= 4 is 5.91 Å². The van der Waals surface area contributed by atoms with E-state index in [4.69, 9.17) is 0 Å². The summed E-state index contributed by atoms with van der Waals surface area (Å²) in [6.45, 7) is -0.0663. The highest BCUT2D eigenvalue weighted by Crippen LogP contribution is 2.25. The number of amides is 1. The first-order valence-electron chi connectivity index (χ1n) is 6.20. The van der Waals surface area contributed by atoms with Crippen LogP contribution >= 0.6 is 0 Å². The minimum atomic E-state index is -0.579. The van der Waals surface area contributed by atoms with Crippen LogP contribution in [0.15, 0.2) is 42.5 Å². The van der Waals surface area contributed by atoms with Gasteiger partial charge in [-0.25, -0.2) is 9.45 Å². The van der Waals surface area contributed by atoms with Crippen LogP contribution in [0.1, 0.15) is 11.1 Å². The summed E-state index contributed by atoms with van der Waals surface area (Å²) in [5.41, 5.74) is 1.04.